The zero-order chi connectivity index (χ0) is 10.7. The summed E-state index contributed by atoms with van der Waals surface area (Å²) in [5, 5.41) is 9.02. The molecule has 1 unspecified atom stereocenters. The normalized spacial score (nSPS) is 27.3. The molecule has 0 saturated carbocycles. The summed E-state index contributed by atoms with van der Waals surface area (Å²) < 4.78 is 5.30. The average Bonchev–Trinajstić information content (AvgIpc) is 2.30. The third-order valence-electron chi connectivity index (χ3n) is 2.93. The first-order chi connectivity index (χ1) is 7.31. The minimum Gasteiger partial charge on any atom is -0.392 e. The second kappa shape index (κ2) is 4.79. The van der Waals surface area contributed by atoms with Crippen molar-refractivity contribution in [3.05, 3.63) is 23.4 Å². The lowest BCUT2D eigenvalue weighted by Crippen LogP contribution is -2.42. The van der Waals surface area contributed by atoms with Crippen molar-refractivity contribution in [3.8, 4) is 0 Å². The van der Waals surface area contributed by atoms with E-state index in [1.54, 1.807) is 0 Å². The fourth-order valence-electron chi connectivity index (χ4n) is 2.06. The van der Waals surface area contributed by atoms with Crippen LogP contribution in [0.25, 0.3) is 0 Å². The van der Waals surface area contributed by atoms with Gasteiger partial charge in [-0.05, 0) is 18.1 Å². The van der Waals surface area contributed by atoms with Crippen LogP contribution >= 0.6 is 0 Å². The van der Waals surface area contributed by atoms with E-state index in [4.69, 9.17) is 15.6 Å². The van der Waals surface area contributed by atoms with Crippen LogP contribution in [0.5, 0.6) is 0 Å². The van der Waals surface area contributed by atoms with E-state index in [2.05, 4.69) is 4.90 Å². The first-order valence-corrected chi connectivity index (χ1v) is 5.40. The molecule has 0 aromatic carbocycles. The molecule has 1 saturated heterocycles. The van der Waals surface area contributed by atoms with E-state index in [-0.39, 0.29) is 12.6 Å². The summed E-state index contributed by atoms with van der Waals surface area (Å²) >= 11 is 0. The molecule has 3 N–H and O–H groups in total. The summed E-state index contributed by atoms with van der Waals surface area (Å²) in [6.45, 7) is 3.51. The van der Waals surface area contributed by atoms with Gasteiger partial charge in [-0.25, -0.2) is 0 Å². The van der Waals surface area contributed by atoms with Crippen LogP contribution in [0.4, 0.5) is 0 Å². The van der Waals surface area contributed by atoms with Crippen molar-refractivity contribution in [1.82, 2.24) is 4.90 Å². The number of aliphatic hydroxyl groups is 1. The Labute approximate surface area is 90.0 Å². The maximum Gasteiger partial charge on any atom is 0.0645 e. The Morgan fingerprint density at radius 3 is 2.73 bits per heavy atom. The highest BCUT2D eigenvalue weighted by molar-refractivity contribution is 5.28. The molecule has 0 amide bonds. The number of hydrogen-bond donors (Lipinski definition) is 2. The molecule has 1 heterocycles. The predicted octanol–water partition coefficient (Wildman–Crippen LogP) is -0.148. The van der Waals surface area contributed by atoms with Crippen LogP contribution < -0.4 is 5.73 Å². The molecule has 15 heavy (non-hydrogen) atoms. The second-order valence-electron chi connectivity index (χ2n) is 3.98. The van der Waals surface area contributed by atoms with Gasteiger partial charge >= 0.3 is 0 Å². The van der Waals surface area contributed by atoms with Crippen LogP contribution in [-0.4, -0.2) is 49.0 Å². The molecule has 0 bridgehead atoms. The third kappa shape index (κ3) is 2.40. The fraction of sp³-hybridized carbons (Fsp3) is 0.636. The van der Waals surface area contributed by atoms with Gasteiger partial charge in [0.1, 0.15) is 0 Å². The smallest absolute Gasteiger partial charge is 0.0645 e. The molecule has 1 fully saturated rings. The molecule has 1 aliphatic carbocycles. The Hall–Kier alpha value is -0.840. The standard InChI is InChI=1S/C11H18N2O2/c12-10-7-9(8-14)1-2-11(10)13-3-5-15-6-4-13/h1-2,10,14H,3-8,12H2. The largest absolute Gasteiger partial charge is 0.392 e. The number of morpholine rings is 1. The summed E-state index contributed by atoms with van der Waals surface area (Å²) in [4.78, 5) is 2.28. The number of aliphatic hydroxyl groups excluding tert-OH is 1. The van der Waals surface area contributed by atoms with Crippen LogP contribution in [0.3, 0.4) is 0 Å². The second-order valence-corrected chi connectivity index (χ2v) is 3.98. The Bertz CT molecular complexity index is 280. The maximum atomic E-state index is 9.02. The van der Waals surface area contributed by atoms with E-state index in [0.717, 1.165) is 38.3 Å². The van der Waals surface area contributed by atoms with Crippen LogP contribution in [0.1, 0.15) is 6.42 Å². The third-order valence-corrected chi connectivity index (χ3v) is 2.93. The van der Waals surface area contributed by atoms with Gasteiger partial charge in [0.25, 0.3) is 0 Å². The predicted molar refractivity (Wildman–Crippen MR) is 58.2 cm³/mol. The summed E-state index contributed by atoms with van der Waals surface area (Å²) in [6.07, 6.45) is 4.78. The van der Waals surface area contributed by atoms with Crippen molar-refractivity contribution in [2.24, 2.45) is 5.73 Å². The lowest BCUT2D eigenvalue weighted by Gasteiger charge is -2.35. The van der Waals surface area contributed by atoms with Crippen LogP contribution in [0.2, 0.25) is 0 Å². The lowest BCUT2D eigenvalue weighted by molar-refractivity contribution is 0.0507. The molecule has 84 valence electrons. The Balaban J connectivity index is 2.07. The molecule has 0 radical (unpaired) electrons. The molecule has 4 nitrogen and oxygen atoms in total. The first kappa shape index (κ1) is 10.7. The summed E-state index contributed by atoms with van der Waals surface area (Å²) in [5.74, 6) is 0. The molecular weight excluding hydrogens is 192 g/mol. The van der Waals surface area contributed by atoms with E-state index in [1.807, 2.05) is 12.2 Å². The van der Waals surface area contributed by atoms with Crippen molar-refractivity contribution >= 4 is 0 Å². The van der Waals surface area contributed by atoms with Gasteiger partial charge in [-0.3, -0.25) is 0 Å². The van der Waals surface area contributed by atoms with Gasteiger partial charge in [-0.2, -0.15) is 0 Å². The highest BCUT2D eigenvalue weighted by Crippen LogP contribution is 2.21. The Morgan fingerprint density at radius 2 is 2.13 bits per heavy atom. The van der Waals surface area contributed by atoms with Gasteiger partial charge < -0.3 is 20.5 Å². The molecule has 1 aliphatic heterocycles. The van der Waals surface area contributed by atoms with E-state index in [1.165, 1.54) is 5.70 Å². The van der Waals surface area contributed by atoms with Crippen LogP contribution in [-0.2, 0) is 4.74 Å². The average molecular weight is 210 g/mol. The molecule has 2 aliphatic rings. The van der Waals surface area contributed by atoms with Crippen molar-refractivity contribution in [1.29, 1.82) is 0 Å². The number of rotatable bonds is 2. The minimum atomic E-state index is 0.0234. The number of nitrogens with two attached hydrogens (primary N) is 1. The molecule has 0 aromatic heterocycles. The summed E-state index contributed by atoms with van der Waals surface area (Å²) in [5.41, 5.74) is 8.26. The van der Waals surface area contributed by atoms with E-state index >= 15 is 0 Å². The molecular formula is C11H18N2O2. The highest BCUT2D eigenvalue weighted by Gasteiger charge is 2.21. The van der Waals surface area contributed by atoms with Crippen molar-refractivity contribution < 1.29 is 9.84 Å². The van der Waals surface area contributed by atoms with Gasteiger partial charge in [-0.15, -0.1) is 0 Å². The molecule has 4 heteroatoms. The zero-order valence-electron chi connectivity index (χ0n) is 8.85. The summed E-state index contributed by atoms with van der Waals surface area (Å²) in [6, 6.07) is 0.0234. The fourth-order valence-corrected chi connectivity index (χ4v) is 2.06. The lowest BCUT2D eigenvalue weighted by atomic mass is 9.97. The first-order valence-electron chi connectivity index (χ1n) is 5.40. The van der Waals surface area contributed by atoms with E-state index in [0.29, 0.717) is 0 Å². The number of allylic oxidation sites excluding steroid dienone is 2. The topological polar surface area (TPSA) is 58.7 Å². The monoisotopic (exact) mass is 210 g/mol. The molecule has 0 aromatic rings. The van der Waals surface area contributed by atoms with Gasteiger partial charge in [-0.1, -0.05) is 6.08 Å². The van der Waals surface area contributed by atoms with Crippen LogP contribution in [0.15, 0.2) is 23.4 Å². The Morgan fingerprint density at radius 1 is 1.40 bits per heavy atom. The van der Waals surface area contributed by atoms with Crippen LogP contribution in [0, 0.1) is 0 Å². The maximum absolute atomic E-state index is 9.02. The SMILES string of the molecule is NC1CC(CO)=CC=C1N1CCOCC1. The minimum absolute atomic E-state index is 0.0234. The highest BCUT2D eigenvalue weighted by atomic mass is 16.5. The quantitative estimate of drug-likeness (QED) is 0.665. The van der Waals surface area contributed by atoms with Gasteiger partial charge in [0.15, 0.2) is 0 Å². The van der Waals surface area contributed by atoms with Gasteiger partial charge in [0.05, 0.1) is 19.8 Å². The molecule has 1 atom stereocenters. The number of nitrogens with zero attached hydrogens (tertiary/aromatic N) is 1. The number of ether oxygens (including phenoxy) is 1. The van der Waals surface area contributed by atoms with E-state index in [9.17, 15) is 0 Å². The molecule has 0 spiro atoms. The van der Waals surface area contributed by atoms with Gasteiger partial charge in [0.2, 0.25) is 0 Å². The van der Waals surface area contributed by atoms with Gasteiger partial charge in [0, 0.05) is 24.8 Å². The zero-order valence-corrected chi connectivity index (χ0v) is 8.85. The van der Waals surface area contributed by atoms with Crippen molar-refractivity contribution in [2.75, 3.05) is 32.9 Å². The summed E-state index contributed by atoms with van der Waals surface area (Å²) in [7, 11) is 0. The molecule has 2 rings (SSSR count). The van der Waals surface area contributed by atoms with Crippen molar-refractivity contribution in [3.63, 3.8) is 0 Å². The number of hydrogen-bond acceptors (Lipinski definition) is 4. The van der Waals surface area contributed by atoms with Crippen molar-refractivity contribution in [2.45, 2.75) is 12.5 Å². The Kier molecular flexibility index (Phi) is 3.41. The van der Waals surface area contributed by atoms with E-state index < -0.39 is 0 Å².